The van der Waals surface area contributed by atoms with Crippen LogP contribution in [0.1, 0.15) is 122 Å². The molecule has 3 saturated heterocycles. The summed E-state index contributed by atoms with van der Waals surface area (Å²) in [5.41, 5.74) is 2.08. The van der Waals surface area contributed by atoms with Gasteiger partial charge in [0, 0.05) is 38.9 Å². The Morgan fingerprint density at radius 3 is 2.50 bits per heavy atom. The molecule has 8 nitrogen and oxygen atoms in total. The van der Waals surface area contributed by atoms with Gasteiger partial charge in [0.2, 0.25) is 0 Å². The van der Waals surface area contributed by atoms with E-state index in [2.05, 4.69) is 52.6 Å². The predicted octanol–water partition coefficient (Wildman–Crippen LogP) is 6.51. The van der Waals surface area contributed by atoms with E-state index < -0.39 is 51.7 Å². The van der Waals surface area contributed by atoms with Crippen LogP contribution in [0.15, 0.2) is 23.8 Å². The fourth-order valence-corrected chi connectivity index (χ4v) is 13.1. The first-order valence-electron chi connectivity index (χ1n) is 19.2. The molecule has 2 saturated carbocycles. The molecular weight excluding hydrogens is 630 g/mol. The van der Waals surface area contributed by atoms with Gasteiger partial charge in [0.25, 0.3) is 0 Å². The number of fused-ring (bicyclic) bond motifs is 10. The van der Waals surface area contributed by atoms with Crippen LogP contribution in [-0.4, -0.2) is 80.0 Å². The van der Waals surface area contributed by atoms with Gasteiger partial charge in [-0.1, -0.05) is 25.5 Å². The van der Waals surface area contributed by atoms with E-state index in [1.807, 2.05) is 39.8 Å². The van der Waals surface area contributed by atoms with E-state index in [-0.39, 0.29) is 29.1 Å². The maximum atomic E-state index is 14.2. The molecule has 5 fully saturated rings. The number of aromatic amines is 1. The molecule has 1 aromatic heterocycles. The number of ketones is 1. The monoisotopic (exact) mass is 687 g/mol. The van der Waals surface area contributed by atoms with E-state index >= 15 is 0 Å². The molecule has 4 heterocycles. The zero-order valence-corrected chi connectivity index (χ0v) is 31.7. The molecule has 0 radical (unpaired) electrons. The van der Waals surface area contributed by atoms with Crippen LogP contribution in [-0.2, 0) is 37.2 Å². The van der Waals surface area contributed by atoms with E-state index in [0.29, 0.717) is 18.9 Å². The van der Waals surface area contributed by atoms with Gasteiger partial charge in [-0.25, -0.2) is 0 Å². The van der Waals surface area contributed by atoms with Crippen LogP contribution in [0.5, 0.6) is 0 Å². The van der Waals surface area contributed by atoms with Gasteiger partial charge in [0.05, 0.1) is 35.4 Å². The van der Waals surface area contributed by atoms with Gasteiger partial charge in [-0.05, 0) is 123 Å². The van der Waals surface area contributed by atoms with Crippen LogP contribution in [0.25, 0.3) is 10.9 Å². The molecule has 0 amide bonds. The van der Waals surface area contributed by atoms with Gasteiger partial charge in [-0.3, -0.25) is 4.79 Å². The molecule has 4 aliphatic carbocycles. The van der Waals surface area contributed by atoms with Crippen LogP contribution in [0.3, 0.4) is 0 Å². The molecule has 3 aliphatic heterocycles. The van der Waals surface area contributed by atoms with Crippen molar-refractivity contribution in [3.63, 3.8) is 0 Å². The Kier molecular flexibility index (Phi) is 6.69. The number of carbonyl (C=O) groups is 1. The lowest BCUT2D eigenvalue weighted by Crippen LogP contribution is -2.76. The summed E-state index contributed by atoms with van der Waals surface area (Å²) in [6.07, 6.45) is 4.39. The number of hydrogen-bond acceptors (Lipinski definition) is 7. The lowest BCUT2D eigenvalue weighted by Gasteiger charge is -2.66. The molecule has 1 spiro atoms. The molecule has 1 unspecified atom stereocenters. The summed E-state index contributed by atoms with van der Waals surface area (Å²) in [6.45, 7) is 21.6. The molecule has 50 heavy (non-hydrogen) atoms. The fraction of sp³-hybridized carbons (Fsp3) is 0.738. The normalized spacial score (nSPS) is 44.7. The van der Waals surface area contributed by atoms with Crippen molar-refractivity contribution in [1.29, 1.82) is 0 Å². The number of aromatic nitrogens is 1. The standard InChI is InChI=1S/C42H57NO7/c1-21(2)15-18-47-38(7,8)34-32(45)35-42(49-35)28(48-34)14-16-39(9)40(10)22(13-17-41(39,42)46)19-25-29-24-20-26-30(37(5,6)50-36(26,3)4)31(44)23(24)11-12-27(29)43-33(25)40/h11-12,15,22,26,28,30,32,34-35,43,45-46H,13-14,16-20H2,1-10H3/t22-,26+,28?,30-,32+,34-,35+,39+,40+,41-,42-/m0/s1. The topological polar surface area (TPSA) is 114 Å². The van der Waals surface area contributed by atoms with Gasteiger partial charge in [-0.15, -0.1) is 0 Å². The number of rotatable bonds is 4. The van der Waals surface area contributed by atoms with Gasteiger partial charge in [0.1, 0.15) is 23.9 Å². The highest BCUT2D eigenvalue weighted by molar-refractivity contribution is 6.06. The number of aliphatic hydroxyl groups is 2. The Bertz CT molecular complexity index is 1850. The maximum absolute atomic E-state index is 14.2. The predicted molar refractivity (Wildman–Crippen MR) is 190 cm³/mol. The maximum Gasteiger partial charge on any atom is 0.169 e. The first-order chi connectivity index (χ1) is 23.3. The Hall–Kier alpha value is -2.07. The van der Waals surface area contributed by atoms with Gasteiger partial charge < -0.3 is 34.1 Å². The second-order valence-corrected chi connectivity index (χ2v) is 19.4. The third-order valence-electron chi connectivity index (χ3n) is 15.7. The van der Waals surface area contributed by atoms with Crippen molar-refractivity contribution < 1.29 is 34.0 Å². The van der Waals surface area contributed by atoms with Crippen molar-refractivity contribution in [2.75, 3.05) is 6.61 Å². The number of H-pyrrole nitrogens is 1. The van der Waals surface area contributed by atoms with Crippen molar-refractivity contribution in [2.45, 2.75) is 166 Å². The average molecular weight is 688 g/mol. The fourth-order valence-electron chi connectivity index (χ4n) is 13.1. The SMILES string of the molecule is CC(C)=CCOC(C)(C)[C@H]1OC2CC[C@@]3(C)[C@@](O)(CC[C@H]4Cc5c([nH]c6ccc7c(c56)C[C@@H]5[C@@H](C7=O)C(C)(C)OC5(C)C)[C@@]43C)[C@]23O[C@@H]3[C@@H]1O. The third-order valence-corrected chi connectivity index (χ3v) is 15.7. The van der Waals surface area contributed by atoms with Crippen molar-refractivity contribution in [3.8, 4) is 0 Å². The molecule has 9 rings (SSSR count). The highest BCUT2D eigenvalue weighted by Crippen LogP contribution is 2.75. The molecule has 3 N–H and O–H groups in total. The Morgan fingerprint density at radius 1 is 1.04 bits per heavy atom. The number of aliphatic hydroxyl groups excluding tert-OH is 1. The minimum Gasteiger partial charge on any atom is -0.387 e. The highest BCUT2D eigenvalue weighted by Gasteiger charge is 2.86. The summed E-state index contributed by atoms with van der Waals surface area (Å²) in [6, 6.07) is 4.15. The van der Waals surface area contributed by atoms with E-state index in [4.69, 9.17) is 18.9 Å². The number of ether oxygens (including phenoxy) is 4. The molecule has 7 aliphatic rings. The summed E-state index contributed by atoms with van der Waals surface area (Å²) < 4.78 is 26.3. The number of allylic oxidation sites excluding steroid dienone is 1. The van der Waals surface area contributed by atoms with Crippen LogP contribution in [0.2, 0.25) is 0 Å². The first kappa shape index (κ1) is 33.7. The molecule has 272 valence electrons. The number of Topliss-reactive ketones (excluding diaryl/α,β-unsaturated/α-hetero) is 1. The van der Waals surface area contributed by atoms with E-state index in [9.17, 15) is 15.0 Å². The van der Waals surface area contributed by atoms with Gasteiger partial charge in [-0.2, -0.15) is 0 Å². The van der Waals surface area contributed by atoms with Crippen LogP contribution in [0, 0.1) is 23.2 Å². The smallest absolute Gasteiger partial charge is 0.169 e. The van der Waals surface area contributed by atoms with Crippen molar-refractivity contribution >= 4 is 16.7 Å². The Labute approximate surface area is 296 Å². The minimum atomic E-state index is -1.20. The summed E-state index contributed by atoms with van der Waals surface area (Å²) >= 11 is 0. The summed E-state index contributed by atoms with van der Waals surface area (Å²) in [5, 5.41) is 26.3. The van der Waals surface area contributed by atoms with Crippen molar-refractivity contribution in [3.05, 3.63) is 46.2 Å². The minimum absolute atomic E-state index is 0.109. The molecular formula is C42H57NO7. The zero-order valence-electron chi connectivity index (χ0n) is 31.7. The molecule has 1 aromatic carbocycles. The summed E-state index contributed by atoms with van der Waals surface area (Å²) in [7, 11) is 0. The molecule has 0 bridgehead atoms. The first-order valence-corrected chi connectivity index (χ1v) is 19.2. The number of epoxide rings is 1. The van der Waals surface area contributed by atoms with Gasteiger partial charge in [0.15, 0.2) is 11.4 Å². The number of carbonyl (C=O) groups excluding carboxylic acids is 1. The number of hydrogen-bond donors (Lipinski definition) is 3. The average Bonchev–Trinajstić information content (AvgIpc) is 3.52. The van der Waals surface area contributed by atoms with Crippen LogP contribution in [0.4, 0.5) is 0 Å². The largest absolute Gasteiger partial charge is 0.387 e. The second kappa shape index (κ2) is 9.91. The van der Waals surface area contributed by atoms with Crippen molar-refractivity contribution in [1.82, 2.24) is 4.98 Å². The second-order valence-electron chi connectivity index (χ2n) is 19.4. The number of nitrogens with one attached hydrogen (secondary N) is 1. The summed E-state index contributed by atoms with van der Waals surface area (Å²) in [5.74, 6) is 0.492. The Balaban J connectivity index is 1.09. The number of benzene rings is 1. The molecule has 2 aromatic rings. The van der Waals surface area contributed by atoms with Crippen molar-refractivity contribution in [2.24, 2.45) is 23.2 Å². The quantitative estimate of drug-likeness (QED) is 0.248. The third kappa shape index (κ3) is 3.81. The highest BCUT2D eigenvalue weighted by atomic mass is 16.7. The van der Waals surface area contributed by atoms with E-state index in [1.54, 1.807) is 0 Å². The van der Waals surface area contributed by atoms with Crippen LogP contribution < -0.4 is 0 Å². The summed E-state index contributed by atoms with van der Waals surface area (Å²) in [4.78, 5) is 18.2. The lowest BCUT2D eigenvalue weighted by atomic mass is 9.40. The molecule has 8 heteroatoms. The lowest BCUT2D eigenvalue weighted by molar-refractivity contribution is -0.283. The van der Waals surface area contributed by atoms with E-state index in [1.165, 1.54) is 27.8 Å². The van der Waals surface area contributed by atoms with Crippen LogP contribution >= 0.6 is 0 Å². The Morgan fingerprint density at radius 2 is 1.78 bits per heavy atom. The molecule has 11 atom stereocenters. The van der Waals surface area contributed by atoms with Gasteiger partial charge >= 0.3 is 0 Å². The zero-order chi connectivity index (χ0) is 35.8. The van der Waals surface area contributed by atoms with E-state index in [0.717, 1.165) is 43.2 Å².